The van der Waals surface area contributed by atoms with Gasteiger partial charge in [-0.3, -0.25) is 0 Å². The van der Waals surface area contributed by atoms with E-state index in [0.29, 0.717) is 0 Å². The average molecular weight is 116 g/mol. The van der Waals surface area contributed by atoms with E-state index in [0.717, 1.165) is 12.8 Å². The topological polar surface area (TPSA) is 0 Å². The van der Waals surface area contributed by atoms with E-state index in [1.54, 1.807) is 0 Å². The SMILES string of the molecule is ClC1C=CC[CH]C1. The summed E-state index contributed by atoms with van der Waals surface area (Å²) < 4.78 is 0. The Hall–Kier alpha value is 0.0300. The van der Waals surface area contributed by atoms with Gasteiger partial charge in [-0.2, -0.15) is 0 Å². The molecule has 1 atom stereocenters. The maximum Gasteiger partial charge on any atom is 0.0518 e. The van der Waals surface area contributed by atoms with Crippen molar-refractivity contribution in [3.8, 4) is 0 Å². The Labute approximate surface area is 49.2 Å². The van der Waals surface area contributed by atoms with Crippen LogP contribution in [-0.2, 0) is 0 Å². The fourth-order valence-corrected chi connectivity index (χ4v) is 0.885. The van der Waals surface area contributed by atoms with E-state index in [1.807, 2.05) is 6.08 Å². The molecule has 0 N–H and O–H groups in total. The molecule has 7 heavy (non-hydrogen) atoms. The number of hydrogen-bond donors (Lipinski definition) is 0. The van der Waals surface area contributed by atoms with Crippen LogP contribution < -0.4 is 0 Å². The minimum absolute atomic E-state index is 0.272. The zero-order chi connectivity index (χ0) is 5.11. The van der Waals surface area contributed by atoms with Gasteiger partial charge in [0, 0.05) is 0 Å². The Morgan fingerprint density at radius 1 is 1.57 bits per heavy atom. The lowest BCUT2D eigenvalue weighted by Gasteiger charge is -2.05. The first-order chi connectivity index (χ1) is 3.39. The molecule has 1 radical (unpaired) electrons. The van der Waals surface area contributed by atoms with Gasteiger partial charge in [-0.05, 0) is 19.3 Å². The maximum absolute atomic E-state index is 5.70. The van der Waals surface area contributed by atoms with Crippen molar-refractivity contribution in [1.29, 1.82) is 0 Å². The quantitative estimate of drug-likeness (QED) is 0.335. The van der Waals surface area contributed by atoms with Crippen molar-refractivity contribution in [3.63, 3.8) is 0 Å². The molecule has 0 spiro atoms. The van der Waals surface area contributed by atoms with Crippen molar-refractivity contribution in [2.75, 3.05) is 0 Å². The van der Waals surface area contributed by atoms with Crippen LogP contribution in [0.25, 0.3) is 0 Å². The molecule has 0 aromatic rings. The molecule has 0 aromatic carbocycles. The van der Waals surface area contributed by atoms with E-state index < -0.39 is 0 Å². The molecule has 0 fully saturated rings. The number of rotatable bonds is 0. The molecular formula is C6H8Cl. The zero-order valence-electron chi connectivity index (χ0n) is 4.10. The first-order valence-corrected chi connectivity index (χ1v) is 2.95. The van der Waals surface area contributed by atoms with Crippen molar-refractivity contribution >= 4 is 11.6 Å². The summed E-state index contributed by atoms with van der Waals surface area (Å²) in [6.07, 6.45) is 8.47. The smallest absolute Gasteiger partial charge is 0.0518 e. The summed E-state index contributed by atoms with van der Waals surface area (Å²) in [7, 11) is 0. The van der Waals surface area contributed by atoms with Crippen molar-refractivity contribution in [1.82, 2.24) is 0 Å². The van der Waals surface area contributed by atoms with Crippen LogP contribution in [-0.4, -0.2) is 5.38 Å². The van der Waals surface area contributed by atoms with Gasteiger partial charge in [-0.1, -0.05) is 12.2 Å². The highest BCUT2D eigenvalue weighted by atomic mass is 35.5. The summed E-state index contributed by atoms with van der Waals surface area (Å²) >= 11 is 5.70. The van der Waals surface area contributed by atoms with Gasteiger partial charge in [0.25, 0.3) is 0 Å². The van der Waals surface area contributed by atoms with Crippen LogP contribution in [0, 0.1) is 6.42 Å². The van der Waals surface area contributed by atoms with Crippen LogP contribution in [0.4, 0.5) is 0 Å². The second-order valence-corrected chi connectivity index (χ2v) is 2.26. The summed E-state index contributed by atoms with van der Waals surface area (Å²) in [6, 6.07) is 0. The molecule has 0 nitrogen and oxygen atoms in total. The van der Waals surface area contributed by atoms with Crippen LogP contribution in [0.2, 0.25) is 0 Å². The highest BCUT2D eigenvalue weighted by molar-refractivity contribution is 6.21. The van der Waals surface area contributed by atoms with Gasteiger partial charge in [-0.25, -0.2) is 0 Å². The summed E-state index contributed by atoms with van der Waals surface area (Å²) in [5.74, 6) is 0. The first kappa shape index (κ1) is 5.17. The summed E-state index contributed by atoms with van der Waals surface area (Å²) in [5.41, 5.74) is 0. The van der Waals surface area contributed by atoms with Gasteiger partial charge in [0.1, 0.15) is 0 Å². The Kier molecular flexibility index (Phi) is 1.75. The molecule has 0 aromatic heterocycles. The molecule has 0 saturated carbocycles. The summed E-state index contributed by atoms with van der Waals surface area (Å²) in [5, 5.41) is 0.272. The van der Waals surface area contributed by atoms with E-state index in [-0.39, 0.29) is 5.38 Å². The number of halogens is 1. The van der Waals surface area contributed by atoms with Crippen LogP contribution in [0.3, 0.4) is 0 Å². The lowest BCUT2D eigenvalue weighted by atomic mass is 10.1. The predicted octanol–water partition coefficient (Wildman–Crippen LogP) is 2.15. The zero-order valence-corrected chi connectivity index (χ0v) is 4.86. The number of allylic oxidation sites excluding steroid dienone is 2. The normalized spacial score (nSPS) is 30.7. The van der Waals surface area contributed by atoms with E-state index in [2.05, 4.69) is 12.5 Å². The Morgan fingerprint density at radius 2 is 2.43 bits per heavy atom. The van der Waals surface area contributed by atoms with Gasteiger partial charge < -0.3 is 0 Å². The Balaban J connectivity index is 2.36. The first-order valence-electron chi connectivity index (χ1n) is 2.52. The number of hydrogen-bond acceptors (Lipinski definition) is 0. The molecule has 1 rings (SSSR count). The van der Waals surface area contributed by atoms with Crippen molar-refractivity contribution in [2.24, 2.45) is 0 Å². The van der Waals surface area contributed by atoms with E-state index >= 15 is 0 Å². The molecule has 1 aliphatic rings. The Bertz CT molecular complexity index is 76.2. The van der Waals surface area contributed by atoms with Crippen LogP contribution in [0.1, 0.15) is 12.8 Å². The largest absolute Gasteiger partial charge is 0.118 e. The molecule has 1 unspecified atom stereocenters. The molecule has 0 aliphatic heterocycles. The molecule has 0 heterocycles. The fraction of sp³-hybridized carbons (Fsp3) is 0.500. The van der Waals surface area contributed by atoms with Crippen molar-refractivity contribution < 1.29 is 0 Å². The molecule has 1 heteroatoms. The third kappa shape index (κ3) is 1.52. The molecule has 39 valence electrons. The molecule has 0 bridgehead atoms. The summed E-state index contributed by atoms with van der Waals surface area (Å²) in [4.78, 5) is 0. The lowest BCUT2D eigenvalue weighted by Crippen LogP contribution is -1.97. The van der Waals surface area contributed by atoms with Crippen molar-refractivity contribution in [3.05, 3.63) is 18.6 Å². The van der Waals surface area contributed by atoms with Gasteiger partial charge >= 0.3 is 0 Å². The van der Waals surface area contributed by atoms with E-state index in [1.165, 1.54) is 0 Å². The highest BCUT2D eigenvalue weighted by Crippen LogP contribution is 2.13. The predicted molar refractivity (Wildman–Crippen MR) is 32.3 cm³/mol. The van der Waals surface area contributed by atoms with Gasteiger partial charge in [-0.15, -0.1) is 11.6 Å². The second-order valence-electron chi connectivity index (χ2n) is 1.70. The van der Waals surface area contributed by atoms with E-state index in [9.17, 15) is 0 Å². The minimum atomic E-state index is 0.272. The lowest BCUT2D eigenvalue weighted by molar-refractivity contribution is 0.900. The fourth-order valence-electron chi connectivity index (χ4n) is 0.656. The van der Waals surface area contributed by atoms with Gasteiger partial charge in [0.15, 0.2) is 0 Å². The summed E-state index contributed by atoms with van der Waals surface area (Å²) in [6.45, 7) is 0. The monoisotopic (exact) mass is 115 g/mol. The number of alkyl halides is 1. The molecule has 0 amide bonds. The molecular weight excluding hydrogens is 108 g/mol. The van der Waals surface area contributed by atoms with Crippen LogP contribution in [0.5, 0.6) is 0 Å². The van der Waals surface area contributed by atoms with Gasteiger partial charge in [0.2, 0.25) is 0 Å². The van der Waals surface area contributed by atoms with Gasteiger partial charge in [0.05, 0.1) is 5.38 Å². The van der Waals surface area contributed by atoms with E-state index in [4.69, 9.17) is 11.6 Å². The van der Waals surface area contributed by atoms with Crippen molar-refractivity contribution in [2.45, 2.75) is 18.2 Å². The highest BCUT2D eigenvalue weighted by Gasteiger charge is 2.01. The third-order valence-corrected chi connectivity index (χ3v) is 1.36. The standard InChI is InChI=1S/C6H8Cl/c7-6-4-2-1-3-5-6/h2-4,6H,1,5H2. The Morgan fingerprint density at radius 3 is 2.71 bits per heavy atom. The van der Waals surface area contributed by atoms with Crippen LogP contribution in [0.15, 0.2) is 12.2 Å². The van der Waals surface area contributed by atoms with Crippen LogP contribution >= 0.6 is 11.6 Å². The molecule has 1 aliphatic carbocycles. The third-order valence-electron chi connectivity index (χ3n) is 1.04. The average Bonchev–Trinajstić information content (AvgIpc) is 1.69. The second kappa shape index (κ2) is 2.37. The molecule has 0 saturated heterocycles. The maximum atomic E-state index is 5.70. The minimum Gasteiger partial charge on any atom is -0.118 e.